The number of carbonyl (C=O) groups excluding carboxylic acids is 1. The number of rotatable bonds is 3. The van der Waals surface area contributed by atoms with Gasteiger partial charge in [0.25, 0.3) is 0 Å². The second kappa shape index (κ2) is 3.98. The third-order valence-corrected chi connectivity index (χ3v) is 2.59. The largest absolute Gasteiger partial charge is 0.352 e. The quantitative estimate of drug-likeness (QED) is 0.771. The van der Waals surface area contributed by atoms with Crippen molar-refractivity contribution in [2.75, 3.05) is 0 Å². The molecule has 3 N–H and O–H groups in total. The molecule has 2 unspecified atom stereocenters. The van der Waals surface area contributed by atoms with Crippen molar-refractivity contribution >= 4 is 5.91 Å². The second-order valence-electron chi connectivity index (χ2n) is 3.82. The van der Waals surface area contributed by atoms with E-state index in [2.05, 4.69) is 5.32 Å². The van der Waals surface area contributed by atoms with Gasteiger partial charge in [0.15, 0.2) is 0 Å². The smallest absolute Gasteiger partial charge is 0.225 e. The summed E-state index contributed by atoms with van der Waals surface area (Å²) >= 11 is 0. The van der Waals surface area contributed by atoms with Crippen molar-refractivity contribution in [2.24, 2.45) is 11.7 Å². The van der Waals surface area contributed by atoms with Crippen molar-refractivity contribution in [1.29, 1.82) is 0 Å². The van der Waals surface area contributed by atoms with Gasteiger partial charge in [0.05, 0.1) is 5.92 Å². The van der Waals surface area contributed by atoms with Crippen LogP contribution in [0.15, 0.2) is 24.3 Å². The molecule has 1 aliphatic carbocycles. The molecule has 1 aliphatic rings. The summed E-state index contributed by atoms with van der Waals surface area (Å²) in [5, 5.41) is 2.67. The van der Waals surface area contributed by atoms with E-state index in [0.29, 0.717) is 5.56 Å². The Labute approximate surface area is 87.5 Å². The number of carbonyl (C=O) groups is 1. The fraction of sp³-hybridized carbons (Fsp3) is 0.364. The molecule has 1 fully saturated rings. The number of nitrogens with two attached hydrogens (primary N) is 1. The summed E-state index contributed by atoms with van der Waals surface area (Å²) in [6.45, 7) is 0.231. The third kappa shape index (κ3) is 2.33. The summed E-state index contributed by atoms with van der Waals surface area (Å²) in [5.41, 5.74) is 6.03. The zero-order valence-electron chi connectivity index (χ0n) is 8.24. The predicted molar refractivity (Wildman–Crippen MR) is 54.3 cm³/mol. The normalized spacial score (nSPS) is 23.6. The van der Waals surface area contributed by atoms with Gasteiger partial charge in [-0.25, -0.2) is 4.39 Å². The molecule has 2 atom stereocenters. The van der Waals surface area contributed by atoms with Crippen LogP contribution in [0.4, 0.5) is 4.39 Å². The van der Waals surface area contributed by atoms with Crippen LogP contribution in [0.25, 0.3) is 0 Å². The summed E-state index contributed by atoms with van der Waals surface area (Å²) in [4.78, 5) is 11.4. The van der Waals surface area contributed by atoms with Gasteiger partial charge in [-0.3, -0.25) is 4.79 Å². The molecule has 1 saturated carbocycles. The Hall–Kier alpha value is -1.42. The maximum atomic E-state index is 13.2. The van der Waals surface area contributed by atoms with E-state index >= 15 is 0 Å². The Morgan fingerprint density at radius 3 is 2.80 bits per heavy atom. The van der Waals surface area contributed by atoms with Crippen molar-refractivity contribution in [2.45, 2.75) is 19.0 Å². The molecule has 0 spiro atoms. The number of nitrogens with one attached hydrogen (secondary N) is 1. The van der Waals surface area contributed by atoms with Gasteiger partial charge in [-0.15, -0.1) is 0 Å². The van der Waals surface area contributed by atoms with Crippen molar-refractivity contribution in [1.82, 2.24) is 5.32 Å². The lowest BCUT2D eigenvalue weighted by molar-refractivity contribution is -0.122. The first-order chi connectivity index (χ1) is 7.18. The number of benzene rings is 1. The SMILES string of the molecule is NC1CC1C(=O)NCc1ccccc1F. The monoisotopic (exact) mass is 208 g/mol. The lowest BCUT2D eigenvalue weighted by Gasteiger charge is -2.05. The summed E-state index contributed by atoms with van der Waals surface area (Å²) in [6.07, 6.45) is 0.739. The van der Waals surface area contributed by atoms with Crippen molar-refractivity contribution in [3.63, 3.8) is 0 Å². The van der Waals surface area contributed by atoms with Gasteiger partial charge in [-0.1, -0.05) is 18.2 Å². The minimum absolute atomic E-state index is 0.00868. The topological polar surface area (TPSA) is 55.1 Å². The minimum Gasteiger partial charge on any atom is -0.352 e. The van der Waals surface area contributed by atoms with Crippen molar-refractivity contribution in [3.05, 3.63) is 35.6 Å². The summed E-state index contributed by atoms with van der Waals surface area (Å²) in [5.74, 6) is -0.444. The molecular formula is C11H13FN2O. The van der Waals surface area contributed by atoms with E-state index in [4.69, 9.17) is 5.73 Å². The first-order valence-electron chi connectivity index (χ1n) is 4.95. The molecule has 1 aromatic carbocycles. The number of hydrogen-bond donors (Lipinski definition) is 2. The molecule has 3 nitrogen and oxygen atoms in total. The van der Waals surface area contributed by atoms with E-state index in [1.165, 1.54) is 6.07 Å². The molecular weight excluding hydrogens is 195 g/mol. The fourth-order valence-corrected chi connectivity index (χ4v) is 1.47. The average molecular weight is 208 g/mol. The number of halogens is 1. The summed E-state index contributed by atoms with van der Waals surface area (Å²) in [6, 6.07) is 6.39. The van der Waals surface area contributed by atoms with Crippen LogP contribution < -0.4 is 11.1 Å². The van der Waals surface area contributed by atoms with Gasteiger partial charge in [-0.05, 0) is 12.5 Å². The van der Waals surface area contributed by atoms with Gasteiger partial charge in [0.2, 0.25) is 5.91 Å². The molecule has 0 aromatic heterocycles. The molecule has 0 heterocycles. The highest BCUT2D eigenvalue weighted by Gasteiger charge is 2.39. The Morgan fingerprint density at radius 1 is 1.53 bits per heavy atom. The molecule has 0 saturated heterocycles. The van der Waals surface area contributed by atoms with E-state index in [9.17, 15) is 9.18 Å². The van der Waals surface area contributed by atoms with Crippen LogP contribution in [-0.2, 0) is 11.3 Å². The molecule has 1 amide bonds. The van der Waals surface area contributed by atoms with Gasteiger partial charge in [0.1, 0.15) is 5.82 Å². The van der Waals surface area contributed by atoms with Crippen LogP contribution in [-0.4, -0.2) is 11.9 Å². The Balaban J connectivity index is 1.88. The van der Waals surface area contributed by atoms with Gasteiger partial charge < -0.3 is 11.1 Å². The Kier molecular flexibility index (Phi) is 2.68. The highest BCUT2D eigenvalue weighted by atomic mass is 19.1. The maximum Gasteiger partial charge on any atom is 0.225 e. The van der Waals surface area contributed by atoms with E-state index < -0.39 is 0 Å². The van der Waals surface area contributed by atoms with Gasteiger partial charge >= 0.3 is 0 Å². The number of amides is 1. The van der Waals surface area contributed by atoms with Crippen molar-refractivity contribution in [3.8, 4) is 0 Å². The first-order valence-corrected chi connectivity index (χ1v) is 4.95. The lowest BCUT2D eigenvalue weighted by atomic mass is 10.2. The van der Waals surface area contributed by atoms with E-state index in [1.807, 2.05) is 0 Å². The zero-order chi connectivity index (χ0) is 10.8. The van der Waals surface area contributed by atoms with Gasteiger partial charge in [0, 0.05) is 18.2 Å². The predicted octanol–water partition coefficient (Wildman–Crippen LogP) is 0.789. The molecule has 15 heavy (non-hydrogen) atoms. The Bertz CT molecular complexity index is 381. The van der Waals surface area contributed by atoms with E-state index in [0.717, 1.165) is 6.42 Å². The Morgan fingerprint density at radius 2 is 2.20 bits per heavy atom. The maximum absolute atomic E-state index is 13.2. The molecule has 2 rings (SSSR count). The standard InChI is InChI=1S/C11H13FN2O/c12-9-4-2-1-3-7(9)6-14-11(15)8-5-10(8)13/h1-4,8,10H,5-6,13H2,(H,14,15). The van der Waals surface area contributed by atoms with Crippen LogP contribution in [0, 0.1) is 11.7 Å². The van der Waals surface area contributed by atoms with Crippen LogP contribution in [0.2, 0.25) is 0 Å². The average Bonchev–Trinajstić information content (AvgIpc) is 2.94. The highest BCUT2D eigenvalue weighted by Crippen LogP contribution is 2.27. The molecule has 0 bridgehead atoms. The molecule has 0 radical (unpaired) electrons. The lowest BCUT2D eigenvalue weighted by Crippen LogP contribution is -2.27. The fourth-order valence-electron chi connectivity index (χ4n) is 1.47. The van der Waals surface area contributed by atoms with E-state index in [1.54, 1.807) is 18.2 Å². The molecule has 4 heteroatoms. The van der Waals surface area contributed by atoms with Crippen LogP contribution in [0.1, 0.15) is 12.0 Å². The molecule has 1 aromatic rings. The first kappa shape index (κ1) is 10.1. The molecule has 0 aliphatic heterocycles. The van der Waals surface area contributed by atoms with Crippen molar-refractivity contribution < 1.29 is 9.18 Å². The van der Waals surface area contributed by atoms with E-state index in [-0.39, 0.29) is 30.2 Å². The van der Waals surface area contributed by atoms with Crippen LogP contribution in [0.5, 0.6) is 0 Å². The highest BCUT2D eigenvalue weighted by molar-refractivity contribution is 5.82. The van der Waals surface area contributed by atoms with Crippen LogP contribution in [0.3, 0.4) is 0 Å². The summed E-state index contributed by atoms with van der Waals surface area (Å²) in [7, 11) is 0. The summed E-state index contributed by atoms with van der Waals surface area (Å²) < 4.78 is 13.2. The van der Waals surface area contributed by atoms with Crippen LogP contribution >= 0.6 is 0 Å². The zero-order valence-corrected chi connectivity index (χ0v) is 8.24. The third-order valence-electron chi connectivity index (χ3n) is 2.59. The second-order valence-corrected chi connectivity index (χ2v) is 3.82. The minimum atomic E-state index is -0.294. The number of hydrogen-bond acceptors (Lipinski definition) is 2. The van der Waals surface area contributed by atoms with Gasteiger partial charge in [-0.2, -0.15) is 0 Å². The molecule has 80 valence electrons.